The Labute approximate surface area is 125 Å². The molecular formula is C16H25BrN2. The first-order chi connectivity index (χ1) is 9.10. The topological polar surface area (TPSA) is 15.3 Å². The summed E-state index contributed by atoms with van der Waals surface area (Å²) in [5.41, 5.74) is 1.39. The van der Waals surface area contributed by atoms with E-state index < -0.39 is 0 Å². The molecule has 3 unspecified atom stereocenters. The van der Waals surface area contributed by atoms with Crippen LogP contribution in [0.15, 0.2) is 28.7 Å². The third-order valence-corrected chi connectivity index (χ3v) is 4.80. The number of hydrogen-bond acceptors (Lipinski definition) is 2. The van der Waals surface area contributed by atoms with Crippen molar-refractivity contribution in [2.75, 3.05) is 13.6 Å². The van der Waals surface area contributed by atoms with Gasteiger partial charge in [-0.3, -0.25) is 0 Å². The van der Waals surface area contributed by atoms with Crippen molar-refractivity contribution in [3.8, 4) is 0 Å². The van der Waals surface area contributed by atoms with E-state index in [0.29, 0.717) is 18.1 Å². The van der Waals surface area contributed by atoms with Crippen molar-refractivity contribution in [1.82, 2.24) is 10.2 Å². The number of nitrogens with zero attached hydrogens (tertiary/aromatic N) is 1. The zero-order valence-corrected chi connectivity index (χ0v) is 13.8. The van der Waals surface area contributed by atoms with Gasteiger partial charge in [0, 0.05) is 22.6 Å². The Morgan fingerprint density at radius 3 is 2.89 bits per heavy atom. The lowest BCUT2D eigenvalue weighted by molar-refractivity contribution is 0.161. The summed E-state index contributed by atoms with van der Waals surface area (Å²) >= 11 is 3.57. The van der Waals surface area contributed by atoms with E-state index in [1.807, 2.05) is 0 Å². The highest BCUT2D eigenvalue weighted by atomic mass is 79.9. The van der Waals surface area contributed by atoms with Crippen LogP contribution < -0.4 is 5.32 Å². The molecule has 19 heavy (non-hydrogen) atoms. The lowest BCUT2D eigenvalue weighted by Gasteiger charge is -2.37. The number of halogens is 1. The minimum absolute atomic E-state index is 0.470. The summed E-state index contributed by atoms with van der Waals surface area (Å²) in [6.45, 7) is 5.79. The molecule has 0 radical (unpaired) electrons. The molecule has 0 aliphatic carbocycles. The second-order valence-electron chi connectivity index (χ2n) is 5.73. The predicted molar refractivity (Wildman–Crippen MR) is 85.4 cm³/mol. The van der Waals surface area contributed by atoms with Crippen LogP contribution in [-0.4, -0.2) is 30.6 Å². The fourth-order valence-corrected chi connectivity index (χ4v) is 3.32. The molecule has 1 aliphatic heterocycles. The third kappa shape index (κ3) is 4.04. The average Bonchev–Trinajstić information content (AvgIpc) is 2.40. The van der Waals surface area contributed by atoms with Crippen molar-refractivity contribution in [3.63, 3.8) is 0 Å². The number of nitrogens with one attached hydrogen (secondary N) is 1. The van der Waals surface area contributed by atoms with Crippen LogP contribution in [0, 0.1) is 0 Å². The van der Waals surface area contributed by atoms with Crippen LogP contribution in [0.3, 0.4) is 0 Å². The van der Waals surface area contributed by atoms with Crippen molar-refractivity contribution < 1.29 is 0 Å². The molecule has 3 heteroatoms. The Hall–Kier alpha value is -0.380. The van der Waals surface area contributed by atoms with Gasteiger partial charge in [0.15, 0.2) is 0 Å². The van der Waals surface area contributed by atoms with Crippen LogP contribution >= 0.6 is 15.9 Å². The molecule has 0 bridgehead atoms. The third-order valence-electron chi connectivity index (χ3n) is 4.30. The highest BCUT2D eigenvalue weighted by molar-refractivity contribution is 9.10. The monoisotopic (exact) mass is 324 g/mol. The average molecular weight is 325 g/mol. The summed E-state index contributed by atoms with van der Waals surface area (Å²) in [7, 11) is 2.23. The van der Waals surface area contributed by atoms with Crippen molar-refractivity contribution in [2.24, 2.45) is 0 Å². The summed E-state index contributed by atoms with van der Waals surface area (Å²) in [6.07, 6.45) is 3.64. The fourth-order valence-electron chi connectivity index (χ4n) is 2.90. The fraction of sp³-hybridized carbons (Fsp3) is 0.625. The first kappa shape index (κ1) is 15.0. The standard InChI is InChI=1S/C16H25BrN2/c1-4-16(13-6-5-7-14(17)11-13)18-15-8-9-19(3)12(2)10-15/h5-7,11-12,15-16,18H,4,8-10H2,1-3H3. The van der Waals surface area contributed by atoms with Crippen molar-refractivity contribution in [1.29, 1.82) is 0 Å². The van der Waals surface area contributed by atoms with Crippen LogP contribution in [0.4, 0.5) is 0 Å². The molecule has 0 amide bonds. The molecule has 3 atom stereocenters. The van der Waals surface area contributed by atoms with E-state index in [9.17, 15) is 0 Å². The molecule has 1 aromatic rings. The second-order valence-corrected chi connectivity index (χ2v) is 6.65. The van der Waals surface area contributed by atoms with Gasteiger partial charge in [-0.1, -0.05) is 35.0 Å². The van der Waals surface area contributed by atoms with Gasteiger partial charge in [-0.05, 0) is 57.5 Å². The molecule has 1 aliphatic rings. The molecule has 2 rings (SSSR count). The number of likely N-dealkylation sites (tertiary alicyclic amines) is 1. The smallest absolute Gasteiger partial charge is 0.0320 e. The molecule has 1 fully saturated rings. The van der Waals surface area contributed by atoms with Gasteiger partial charge in [0.25, 0.3) is 0 Å². The maximum Gasteiger partial charge on any atom is 0.0320 e. The van der Waals surface area contributed by atoms with Gasteiger partial charge >= 0.3 is 0 Å². The zero-order chi connectivity index (χ0) is 13.8. The first-order valence-electron chi connectivity index (χ1n) is 7.32. The van der Waals surface area contributed by atoms with Crippen molar-refractivity contribution >= 4 is 15.9 Å². The zero-order valence-electron chi connectivity index (χ0n) is 12.2. The Morgan fingerprint density at radius 2 is 2.26 bits per heavy atom. The Bertz CT molecular complexity index is 407. The van der Waals surface area contributed by atoms with Gasteiger partial charge in [0.2, 0.25) is 0 Å². The van der Waals surface area contributed by atoms with Crippen LogP contribution in [0.2, 0.25) is 0 Å². The number of benzene rings is 1. The van der Waals surface area contributed by atoms with Gasteiger partial charge in [-0.25, -0.2) is 0 Å². The maximum absolute atomic E-state index is 3.85. The van der Waals surface area contributed by atoms with E-state index in [2.05, 4.69) is 71.3 Å². The van der Waals surface area contributed by atoms with Crippen LogP contribution in [0.25, 0.3) is 0 Å². The van der Waals surface area contributed by atoms with Crippen LogP contribution in [0.1, 0.15) is 44.7 Å². The molecule has 1 saturated heterocycles. The van der Waals surface area contributed by atoms with Crippen molar-refractivity contribution in [3.05, 3.63) is 34.3 Å². The summed E-state index contributed by atoms with van der Waals surface area (Å²) in [6, 6.07) is 10.5. The van der Waals surface area contributed by atoms with E-state index in [1.54, 1.807) is 0 Å². The largest absolute Gasteiger partial charge is 0.307 e. The summed E-state index contributed by atoms with van der Waals surface area (Å²) < 4.78 is 1.17. The Morgan fingerprint density at radius 1 is 1.47 bits per heavy atom. The van der Waals surface area contributed by atoms with Gasteiger partial charge in [-0.2, -0.15) is 0 Å². The van der Waals surface area contributed by atoms with Gasteiger partial charge in [0.1, 0.15) is 0 Å². The molecule has 1 aromatic carbocycles. The molecule has 2 nitrogen and oxygen atoms in total. The highest BCUT2D eigenvalue weighted by Crippen LogP contribution is 2.24. The maximum atomic E-state index is 3.85. The minimum atomic E-state index is 0.470. The van der Waals surface area contributed by atoms with Crippen LogP contribution in [-0.2, 0) is 0 Å². The highest BCUT2D eigenvalue weighted by Gasteiger charge is 2.24. The lowest BCUT2D eigenvalue weighted by atomic mass is 9.96. The SMILES string of the molecule is CCC(NC1CCN(C)C(C)C1)c1cccc(Br)c1. The Balaban J connectivity index is 1.99. The van der Waals surface area contributed by atoms with Gasteiger partial charge in [0.05, 0.1) is 0 Å². The molecular weight excluding hydrogens is 300 g/mol. The van der Waals surface area contributed by atoms with E-state index >= 15 is 0 Å². The first-order valence-corrected chi connectivity index (χ1v) is 8.11. The molecule has 1 N–H and O–H groups in total. The number of hydrogen-bond donors (Lipinski definition) is 1. The summed E-state index contributed by atoms with van der Waals surface area (Å²) in [5.74, 6) is 0. The summed E-state index contributed by atoms with van der Waals surface area (Å²) in [5, 5.41) is 3.85. The second kappa shape index (κ2) is 6.87. The predicted octanol–water partition coefficient (Wildman–Crippen LogP) is 3.97. The lowest BCUT2D eigenvalue weighted by Crippen LogP contribution is -2.46. The quantitative estimate of drug-likeness (QED) is 0.901. The van der Waals surface area contributed by atoms with Gasteiger partial charge in [-0.15, -0.1) is 0 Å². The van der Waals surface area contributed by atoms with E-state index in [-0.39, 0.29) is 0 Å². The van der Waals surface area contributed by atoms with E-state index in [0.717, 1.165) is 6.42 Å². The molecule has 0 aromatic heterocycles. The van der Waals surface area contributed by atoms with E-state index in [4.69, 9.17) is 0 Å². The van der Waals surface area contributed by atoms with Gasteiger partial charge < -0.3 is 10.2 Å². The summed E-state index contributed by atoms with van der Waals surface area (Å²) in [4.78, 5) is 2.46. The molecule has 1 heterocycles. The normalized spacial score (nSPS) is 26.3. The van der Waals surface area contributed by atoms with Crippen molar-refractivity contribution in [2.45, 2.75) is 51.2 Å². The minimum Gasteiger partial charge on any atom is -0.307 e. The van der Waals surface area contributed by atoms with Crippen LogP contribution in [0.5, 0.6) is 0 Å². The molecule has 106 valence electrons. The number of rotatable bonds is 4. The number of piperidine rings is 1. The Kier molecular flexibility index (Phi) is 5.43. The molecule has 0 spiro atoms. The molecule has 0 saturated carbocycles. The van der Waals surface area contributed by atoms with E-state index in [1.165, 1.54) is 29.4 Å².